The lowest BCUT2D eigenvalue weighted by Crippen LogP contribution is -2.22. The Kier molecular flexibility index (Phi) is 5.31. The van der Waals surface area contributed by atoms with E-state index in [1.54, 1.807) is 37.4 Å². The van der Waals surface area contributed by atoms with Gasteiger partial charge in [0.05, 0.1) is 10.5 Å². The zero-order chi connectivity index (χ0) is 17.8. The van der Waals surface area contributed by atoms with Gasteiger partial charge in [0.1, 0.15) is 10.9 Å². The highest BCUT2D eigenvalue weighted by Gasteiger charge is 2.28. The summed E-state index contributed by atoms with van der Waals surface area (Å²) in [6, 6.07) is 16.4. The van der Waals surface area contributed by atoms with Gasteiger partial charge >= 0.3 is 5.97 Å². The quantitative estimate of drug-likeness (QED) is 0.465. The number of benzene rings is 2. The molecule has 1 heterocycles. The number of nitrogens with zero attached hydrogens (tertiary/aromatic N) is 1. The first kappa shape index (κ1) is 17.4. The van der Waals surface area contributed by atoms with E-state index in [0.29, 0.717) is 14.8 Å². The molecule has 0 atom stereocenters. The summed E-state index contributed by atoms with van der Waals surface area (Å²) in [5.41, 5.74) is 2.23. The van der Waals surface area contributed by atoms with E-state index >= 15 is 0 Å². The molecular weight excluding hydrogens is 354 g/mol. The minimum atomic E-state index is -0.379. The molecule has 0 unspecified atom stereocenters. The van der Waals surface area contributed by atoms with E-state index in [4.69, 9.17) is 17.0 Å². The number of hydrogen-bond donors (Lipinski definition) is 0. The standard InChI is InChI=1S/C19H15NO3S2/c1-20-17(21)16(25-19(20)24)11-13-7-9-15(10-8-13)18(22)23-12-14-5-3-2-4-6-14/h2-11H,12H2,1H3. The van der Waals surface area contributed by atoms with E-state index < -0.39 is 0 Å². The van der Waals surface area contributed by atoms with Crippen LogP contribution in [0.5, 0.6) is 0 Å². The number of rotatable bonds is 4. The van der Waals surface area contributed by atoms with Crippen LogP contribution in [0.25, 0.3) is 6.08 Å². The van der Waals surface area contributed by atoms with Crippen LogP contribution in [0.2, 0.25) is 0 Å². The molecule has 0 aliphatic carbocycles. The van der Waals surface area contributed by atoms with E-state index in [9.17, 15) is 9.59 Å². The molecule has 0 saturated carbocycles. The number of likely N-dealkylation sites (N-methyl/N-ethyl adjacent to an activating group) is 1. The van der Waals surface area contributed by atoms with E-state index in [1.807, 2.05) is 30.3 Å². The van der Waals surface area contributed by atoms with Gasteiger partial charge in [0.2, 0.25) is 0 Å². The van der Waals surface area contributed by atoms with Crippen LogP contribution in [-0.2, 0) is 16.1 Å². The van der Waals surface area contributed by atoms with Gasteiger partial charge in [-0.2, -0.15) is 0 Å². The molecular formula is C19H15NO3S2. The zero-order valence-electron chi connectivity index (χ0n) is 13.5. The molecule has 0 radical (unpaired) electrons. The van der Waals surface area contributed by atoms with E-state index in [0.717, 1.165) is 11.1 Å². The van der Waals surface area contributed by atoms with Crippen molar-refractivity contribution in [3.8, 4) is 0 Å². The summed E-state index contributed by atoms with van der Waals surface area (Å²) in [7, 11) is 1.66. The summed E-state index contributed by atoms with van der Waals surface area (Å²) in [4.78, 5) is 26.1. The van der Waals surface area contributed by atoms with Gasteiger partial charge < -0.3 is 4.74 Å². The predicted octanol–water partition coefficient (Wildman–Crippen LogP) is 3.87. The number of ether oxygens (including phenoxy) is 1. The summed E-state index contributed by atoms with van der Waals surface area (Å²) in [5, 5.41) is 0. The summed E-state index contributed by atoms with van der Waals surface area (Å²) in [5.74, 6) is -0.489. The van der Waals surface area contributed by atoms with Gasteiger partial charge in [0, 0.05) is 7.05 Å². The van der Waals surface area contributed by atoms with E-state index in [2.05, 4.69) is 0 Å². The fourth-order valence-corrected chi connectivity index (χ4v) is 3.40. The van der Waals surface area contributed by atoms with Gasteiger partial charge in [-0.25, -0.2) is 4.79 Å². The SMILES string of the molecule is CN1C(=O)C(=Cc2ccc(C(=O)OCc3ccccc3)cc2)SC1=S. The molecule has 4 nitrogen and oxygen atoms in total. The Labute approximate surface area is 155 Å². The minimum Gasteiger partial charge on any atom is -0.457 e. The molecule has 126 valence electrons. The van der Waals surface area contributed by atoms with Crippen molar-refractivity contribution < 1.29 is 14.3 Å². The monoisotopic (exact) mass is 369 g/mol. The number of thioether (sulfide) groups is 1. The molecule has 0 bridgehead atoms. The number of carbonyl (C=O) groups excluding carboxylic acids is 2. The molecule has 2 aromatic rings. The van der Waals surface area contributed by atoms with Crippen molar-refractivity contribution in [1.29, 1.82) is 0 Å². The number of thiocarbonyl (C=S) groups is 1. The second-order valence-electron chi connectivity index (χ2n) is 5.42. The maximum absolute atomic E-state index is 12.1. The molecule has 1 aliphatic rings. The van der Waals surface area contributed by atoms with Crippen LogP contribution in [0.15, 0.2) is 59.5 Å². The van der Waals surface area contributed by atoms with Crippen LogP contribution in [0.3, 0.4) is 0 Å². The summed E-state index contributed by atoms with van der Waals surface area (Å²) in [6.07, 6.45) is 1.77. The molecule has 1 aliphatic heterocycles. The molecule has 1 saturated heterocycles. The first-order chi connectivity index (χ1) is 12.0. The van der Waals surface area contributed by atoms with Crippen LogP contribution < -0.4 is 0 Å². The van der Waals surface area contributed by atoms with Crippen LogP contribution >= 0.6 is 24.0 Å². The summed E-state index contributed by atoms with van der Waals surface area (Å²) >= 11 is 6.37. The normalized spacial score (nSPS) is 15.7. The maximum Gasteiger partial charge on any atom is 0.338 e. The van der Waals surface area contributed by atoms with Crippen LogP contribution in [-0.4, -0.2) is 28.1 Å². The summed E-state index contributed by atoms with van der Waals surface area (Å²) < 4.78 is 5.84. The number of esters is 1. The molecule has 0 aromatic heterocycles. The van der Waals surface area contributed by atoms with Gasteiger partial charge in [0.25, 0.3) is 5.91 Å². The van der Waals surface area contributed by atoms with Crippen LogP contribution in [0, 0.1) is 0 Å². The first-order valence-corrected chi connectivity index (χ1v) is 8.80. The highest BCUT2D eigenvalue weighted by molar-refractivity contribution is 8.26. The molecule has 0 N–H and O–H groups in total. The highest BCUT2D eigenvalue weighted by atomic mass is 32.2. The van der Waals surface area contributed by atoms with Gasteiger partial charge in [0.15, 0.2) is 0 Å². The Morgan fingerprint density at radius 2 is 1.84 bits per heavy atom. The second kappa shape index (κ2) is 7.63. The number of hydrogen-bond acceptors (Lipinski definition) is 5. The average Bonchev–Trinajstić information content (AvgIpc) is 2.88. The van der Waals surface area contributed by atoms with E-state index in [1.165, 1.54) is 16.7 Å². The Morgan fingerprint density at radius 3 is 2.44 bits per heavy atom. The van der Waals surface area contributed by atoms with Gasteiger partial charge in [-0.15, -0.1) is 0 Å². The molecule has 6 heteroatoms. The lowest BCUT2D eigenvalue weighted by Gasteiger charge is -2.05. The van der Waals surface area contributed by atoms with Crippen molar-refractivity contribution in [2.24, 2.45) is 0 Å². The van der Waals surface area contributed by atoms with Crippen molar-refractivity contribution in [2.45, 2.75) is 6.61 Å². The topological polar surface area (TPSA) is 46.6 Å². The predicted molar refractivity (Wildman–Crippen MR) is 103 cm³/mol. The van der Waals surface area contributed by atoms with Crippen molar-refractivity contribution in [3.63, 3.8) is 0 Å². The molecule has 25 heavy (non-hydrogen) atoms. The van der Waals surface area contributed by atoms with Crippen molar-refractivity contribution in [1.82, 2.24) is 4.90 Å². The third kappa shape index (κ3) is 4.15. The zero-order valence-corrected chi connectivity index (χ0v) is 15.1. The van der Waals surface area contributed by atoms with Crippen LogP contribution in [0.4, 0.5) is 0 Å². The lowest BCUT2D eigenvalue weighted by molar-refractivity contribution is -0.121. The Bertz CT molecular complexity index is 845. The second-order valence-corrected chi connectivity index (χ2v) is 7.10. The third-order valence-electron chi connectivity index (χ3n) is 3.64. The molecule has 2 aromatic carbocycles. The first-order valence-electron chi connectivity index (χ1n) is 7.57. The largest absolute Gasteiger partial charge is 0.457 e. The Morgan fingerprint density at radius 1 is 1.16 bits per heavy atom. The lowest BCUT2D eigenvalue weighted by atomic mass is 10.1. The highest BCUT2D eigenvalue weighted by Crippen LogP contribution is 2.31. The van der Waals surface area contributed by atoms with Gasteiger partial charge in [-0.3, -0.25) is 9.69 Å². The Hall–Kier alpha value is -2.44. The minimum absolute atomic E-state index is 0.110. The average molecular weight is 369 g/mol. The van der Waals surface area contributed by atoms with Gasteiger partial charge in [-0.05, 0) is 29.3 Å². The number of carbonyl (C=O) groups is 2. The maximum atomic E-state index is 12.1. The fourth-order valence-electron chi connectivity index (χ4n) is 2.22. The Balaban J connectivity index is 1.65. The molecule has 3 rings (SSSR count). The summed E-state index contributed by atoms with van der Waals surface area (Å²) in [6.45, 7) is 0.237. The fraction of sp³-hybridized carbons (Fsp3) is 0.105. The smallest absolute Gasteiger partial charge is 0.338 e. The van der Waals surface area contributed by atoms with Crippen LogP contribution in [0.1, 0.15) is 21.5 Å². The van der Waals surface area contributed by atoms with Crippen molar-refractivity contribution >= 4 is 46.3 Å². The van der Waals surface area contributed by atoms with E-state index in [-0.39, 0.29) is 18.5 Å². The van der Waals surface area contributed by atoms with Gasteiger partial charge in [-0.1, -0.05) is 66.4 Å². The molecule has 1 fully saturated rings. The van der Waals surface area contributed by atoms with Crippen molar-refractivity contribution in [2.75, 3.05) is 7.05 Å². The molecule has 1 amide bonds. The number of amides is 1. The third-order valence-corrected chi connectivity index (χ3v) is 5.13. The van der Waals surface area contributed by atoms with Crippen molar-refractivity contribution in [3.05, 3.63) is 76.2 Å². The molecule has 0 spiro atoms.